The molecule has 0 radical (unpaired) electrons. The highest BCUT2D eigenvalue weighted by molar-refractivity contribution is 7.93. The molecule has 7 heteroatoms. The van der Waals surface area contributed by atoms with Gasteiger partial charge in [0.05, 0.1) is 11.4 Å². The smallest absolute Gasteiger partial charge is 0.264 e. The molecule has 2 rings (SSSR count). The molecule has 0 atom stereocenters. The third-order valence-corrected chi connectivity index (χ3v) is 4.58. The molecule has 0 bridgehead atoms. The zero-order valence-electron chi connectivity index (χ0n) is 11.4. The Labute approximate surface area is 121 Å². The molecule has 0 unspecified atom stereocenters. The lowest BCUT2D eigenvalue weighted by Crippen LogP contribution is -2.17. The predicted octanol–water partition coefficient (Wildman–Crippen LogP) is 2.96. The number of hydrogen-bond donors (Lipinski definition) is 2. The van der Waals surface area contributed by atoms with Crippen molar-refractivity contribution in [3.8, 4) is 0 Å². The van der Waals surface area contributed by atoms with Crippen molar-refractivity contribution in [2.24, 2.45) is 0 Å². The van der Waals surface area contributed by atoms with Crippen LogP contribution < -0.4 is 10.5 Å². The third-order valence-electron chi connectivity index (χ3n) is 2.99. The Balaban J connectivity index is 2.51. The molecule has 112 valence electrons. The highest BCUT2D eigenvalue weighted by Gasteiger charge is 2.21. The summed E-state index contributed by atoms with van der Waals surface area (Å²) in [5, 5.41) is 0. The first kappa shape index (κ1) is 15.2. The second kappa shape index (κ2) is 5.33. The molecular weight excluding hydrogens is 298 g/mol. The van der Waals surface area contributed by atoms with Crippen molar-refractivity contribution >= 4 is 21.4 Å². The summed E-state index contributed by atoms with van der Waals surface area (Å²) >= 11 is 0. The summed E-state index contributed by atoms with van der Waals surface area (Å²) in [4.78, 5) is -0.0906. The van der Waals surface area contributed by atoms with Gasteiger partial charge in [-0.1, -0.05) is 12.1 Å². The maximum Gasteiger partial charge on any atom is 0.264 e. The number of sulfonamides is 1. The summed E-state index contributed by atoms with van der Waals surface area (Å²) < 4.78 is 53.2. The quantitative estimate of drug-likeness (QED) is 0.856. The lowest BCUT2D eigenvalue weighted by molar-refractivity contribution is 0.584. The van der Waals surface area contributed by atoms with Gasteiger partial charge >= 0.3 is 0 Å². The molecule has 0 saturated carbocycles. The van der Waals surface area contributed by atoms with E-state index in [4.69, 9.17) is 5.73 Å². The van der Waals surface area contributed by atoms with Crippen LogP contribution in [0.15, 0.2) is 35.2 Å². The van der Waals surface area contributed by atoms with E-state index in [9.17, 15) is 17.2 Å². The molecule has 3 N–H and O–H groups in total. The van der Waals surface area contributed by atoms with Crippen LogP contribution in [0.3, 0.4) is 0 Å². The largest absolute Gasteiger partial charge is 0.397 e. The Kier molecular flexibility index (Phi) is 3.87. The van der Waals surface area contributed by atoms with Crippen molar-refractivity contribution in [3.63, 3.8) is 0 Å². The highest BCUT2D eigenvalue weighted by Crippen LogP contribution is 2.28. The lowest BCUT2D eigenvalue weighted by Gasteiger charge is -2.14. The fraction of sp³-hybridized carbons (Fsp3) is 0.143. The van der Waals surface area contributed by atoms with Gasteiger partial charge in [-0.15, -0.1) is 0 Å². The zero-order chi connectivity index (χ0) is 15.8. The maximum absolute atomic E-state index is 13.1. The third kappa shape index (κ3) is 3.13. The van der Waals surface area contributed by atoms with Crippen LogP contribution in [0.25, 0.3) is 0 Å². The van der Waals surface area contributed by atoms with Crippen LogP contribution >= 0.6 is 0 Å². The standard InChI is InChI=1S/C14H14F2N2O2S/c1-8-3-4-9(2)14(13(8)17)21(19,20)18-12-6-10(15)5-11(16)7-12/h3-7,18H,17H2,1-2H3. The van der Waals surface area contributed by atoms with Crippen molar-refractivity contribution < 1.29 is 17.2 Å². The molecule has 0 aliphatic carbocycles. The van der Waals surface area contributed by atoms with Gasteiger partial charge in [0.1, 0.15) is 16.5 Å². The molecule has 2 aromatic rings. The second-order valence-electron chi connectivity index (χ2n) is 4.71. The average molecular weight is 312 g/mol. The minimum absolute atomic E-state index is 0.0906. The van der Waals surface area contributed by atoms with Gasteiger partial charge in [-0.2, -0.15) is 0 Å². The molecule has 0 aromatic heterocycles. The van der Waals surface area contributed by atoms with E-state index in [2.05, 4.69) is 4.72 Å². The van der Waals surface area contributed by atoms with Gasteiger partial charge in [0.25, 0.3) is 10.0 Å². The topological polar surface area (TPSA) is 72.2 Å². The molecule has 0 aliphatic heterocycles. The molecular formula is C14H14F2N2O2S. The fourth-order valence-electron chi connectivity index (χ4n) is 1.98. The number of rotatable bonds is 3. The van der Waals surface area contributed by atoms with E-state index in [-0.39, 0.29) is 16.3 Å². The van der Waals surface area contributed by atoms with Crippen LogP contribution in [-0.2, 0) is 10.0 Å². The second-order valence-corrected chi connectivity index (χ2v) is 6.33. The van der Waals surface area contributed by atoms with Gasteiger partial charge < -0.3 is 5.73 Å². The number of nitrogen functional groups attached to an aromatic ring is 1. The number of halogens is 2. The Hall–Kier alpha value is -2.15. The summed E-state index contributed by atoms with van der Waals surface area (Å²) in [7, 11) is -4.04. The Morgan fingerprint density at radius 1 is 1.00 bits per heavy atom. The van der Waals surface area contributed by atoms with Gasteiger partial charge in [0.2, 0.25) is 0 Å². The lowest BCUT2D eigenvalue weighted by atomic mass is 10.1. The van der Waals surface area contributed by atoms with E-state index in [1.54, 1.807) is 26.0 Å². The van der Waals surface area contributed by atoms with Gasteiger partial charge in [-0.3, -0.25) is 4.72 Å². The van der Waals surface area contributed by atoms with Crippen molar-refractivity contribution in [3.05, 3.63) is 53.1 Å². The number of benzene rings is 2. The molecule has 0 aliphatic rings. The molecule has 0 spiro atoms. The molecule has 21 heavy (non-hydrogen) atoms. The van der Waals surface area contributed by atoms with Gasteiger partial charge in [-0.25, -0.2) is 17.2 Å². The average Bonchev–Trinajstić information content (AvgIpc) is 2.32. The molecule has 0 fully saturated rings. The fourth-order valence-corrected chi connectivity index (χ4v) is 3.46. The zero-order valence-corrected chi connectivity index (χ0v) is 12.3. The molecule has 0 saturated heterocycles. The van der Waals surface area contributed by atoms with Gasteiger partial charge in [-0.05, 0) is 37.1 Å². The molecule has 0 heterocycles. The van der Waals surface area contributed by atoms with E-state index in [1.165, 1.54) is 0 Å². The van der Waals surface area contributed by atoms with Gasteiger partial charge in [0, 0.05) is 6.07 Å². The SMILES string of the molecule is Cc1ccc(C)c(S(=O)(=O)Nc2cc(F)cc(F)c2)c1N. The van der Waals surface area contributed by atoms with Crippen LogP contribution in [0.4, 0.5) is 20.2 Å². The van der Waals surface area contributed by atoms with Crippen molar-refractivity contribution in [2.45, 2.75) is 18.7 Å². The number of hydrogen-bond acceptors (Lipinski definition) is 3. The Morgan fingerprint density at radius 2 is 1.52 bits per heavy atom. The minimum Gasteiger partial charge on any atom is -0.397 e. The Morgan fingerprint density at radius 3 is 2.10 bits per heavy atom. The summed E-state index contributed by atoms with van der Waals surface area (Å²) in [6.45, 7) is 3.27. The van der Waals surface area contributed by atoms with E-state index >= 15 is 0 Å². The van der Waals surface area contributed by atoms with E-state index in [0.29, 0.717) is 17.2 Å². The monoisotopic (exact) mass is 312 g/mol. The van der Waals surface area contributed by atoms with E-state index < -0.39 is 21.7 Å². The van der Waals surface area contributed by atoms with E-state index in [1.807, 2.05) is 0 Å². The van der Waals surface area contributed by atoms with Crippen LogP contribution in [0.5, 0.6) is 0 Å². The summed E-state index contributed by atoms with van der Waals surface area (Å²) in [5.74, 6) is -1.75. The minimum atomic E-state index is -4.04. The summed E-state index contributed by atoms with van der Waals surface area (Å²) in [6, 6.07) is 5.76. The van der Waals surface area contributed by atoms with Crippen molar-refractivity contribution in [2.75, 3.05) is 10.5 Å². The molecule has 0 amide bonds. The Bertz CT molecular complexity index is 785. The summed E-state index contributed by atoms with van der Waals surface area (Å²) in [5.41, 5.74) is 6.77. The van der Waals surface area contributed by atoms with Crippen molar-refractivity contribution in [1.29, 1.82) is 0 Å². The van der Waals surface area contributed by atoms with Crippen LogP contribution in [0, 0.1) is 25.5 Å². The predicted molar refractivity (Wildman–Crippen MR) is 77.5 cm³/mol. The first-order chi connectivity index (χ1) is 9.70. The molecule has 2 aromatic carbocycles. The first-order valence-electron chi connectivity index (χ1n) is 6.05. The van der Waals surface area contributed by atoms with Crippen LogP contribution in [0.1, 0.15) is 11.1 Å². The maximum atomic E-state index is 13.1. The normalized spacial score (nSPS) is 11.4. The number of anilines is 2. The summed E-state index contributed by atoms with van der Waals surface area (Å²) in [6.07, 6.45) is 0. The number of aryl methyl sites for hydroxylation is 2. The van der Waals surface area contributed by atoms with Crippen molar-refractivity contribution in [1.82, 2.24) is 0 Å². The van der Waals surface area contributed by atoms with E-state index in [0.717, 1.165) is 12.1 Å². The van der Waals surface area contributed by atoms with Crippen LogP contribution in [0.2, 0.25) is 0 Å². The van der Waals surface area contributed by atoms with Crippen LogP contribution in [-0.4, -0.2) is 8.42 Å². The highest BCUT2D eigenvalue weighted by atomic mass is 32.2. The first-order valence-corrected chi connectivity index (χ1v) is 7.53. The number of nitrogens with two attached hydrogens (primary N) is 1. The number of nitrogens with one attached hydrogen (secondary N) is 1. The molecule has 4 nitrogen and oxygen atoms in total. The van der Waals surface area contributed by atoms with Gasteiger partial charge in [0.15, 0.2) is 0 Å².